The number of nitrogens with one attached hydrogen (secondary N) is 1. The fourth-order valence-corrected chi connectivity index (χ4v) is 3.22. The number of carbonyl (C=O) groups excluding carboxylic acids is 2. The van der Waals surface area contributed by atoms with E-state index in [1.807, 2.05) is 36.4 Å². The van der Waals surface area contributed by atoms with Gasteiger partial charge in [0, 0.05) is 25.5 Å². The van der Waals surface area contributed by atoms with E-state index >= 15 is 0 Å². The third-order valence-corrected chi connectivity index (χ3v) is 4.70. The number of hydrogen-bond acceptors (Lipinski definition) is 5. The first-order valence-corrected chi connectivity index (χ1v) is 9.62. The summed E-state index contributed by atoms with van der Waals surface area (Å²) in [6.07, 6.45) is 2.29. The van der Waals surface area contributed by atoms with Gasteiger partial charge in [0.15, 0.2) is 11.5 Å². The monoisotopic (exact) mass is 395 g/mol. The van der Waals surface area contributed by atoms with Crippen molar-refractivity contribution in [3.05, 3.63) is 65.7 Å². The van der Waals surface area contributed by atoms with Crippen LogP contribution in [0.3, 0.4) is 0 Å². The molecule has 0 saturated heterocycles. The van der Waals surface area contributed by atoms with Crippen molar-refractivity contribution >= 4 is 11.9 Å². The van der Waals surface area contributed by atoms with E-state index in [0.29, 0.717) is 30.2 Å². The molecule has 1 amide bonds. The highest BCUT2D eigenvalue weighted by atomic mass is 16.6. The molecule has 1 aliphatic rings. The lowest BCUT2D eigenvalue weighted by molar-refractivity contribution is -0.148. The lowest BCUT2D eigenvalue weighted by Gasteiger charge is -2.28. The molecule has 1 atom stereocenters. The quantitative estimate of drug-likeness (QED) is 0.571. The summed E-state index contributed by atoms with van der Waals surface area (Å²) < 4.78 is 17.3. The second kappa shape index (κ2) is 9.28. The van der Waals surface area contributed by atoms with Gasteiger partial charge in [-0.15, -0.1) is 0 Å². The van der Waals surface area contributed by atoms with Gasteiger partial charge in [-0.3, -0.25) is 9.59 Å². The van der Waals surface area contributed by atoms with Crippen molar-refractivity contribution in [1.82, 2.24) is 5.32 Å². The lowest BCUT2D eigenvalue weighted by Crippen LogP contribution is -2.32. The van der Waals surface area contributed by atoms with Crippen molar-refractivity contribution in [3.8, 4) is 17.2 Å². The number of esters is 1. The van der Waals surface area contributed by atoms with Crippen molar-refractivity contribution in [2.75, 3.05) is 6.61 Å². The van der Waals surface area contributed by atoms with Crippen molar-refractivity contribution in [1.29, 1.82) is 0 Å². The van der Waals surface area contributed by atoms with Gasteiger partial charge < -0.3 is 19.5 Å². The Hall–Kier alpha value is -3.28. The highest BCUT2D eigenvalue weighted by Gasteiger charge is 2.27. The average molecular weight is 395 g/mol. The smallest absolute Gasteiger partial charge is 0.303 e. The number of rotatable bonds is 7. The standard InChI is InChI=1S/C23H25NO5/c1-4-16-6-9-18(10-7-16)29-21-11-8-17(13-24-22(26)5-2)20-12-19(28-15(3)25)14-27-23(20)21/h5-11,19H,2,4,12-14H2,1,3H3,(H,24,26). The van der Waals surface area contributed by atoms with Crippen LogP contribution >= 0.6 is 0 Å². The summed E-state index contributed by atoms with van der Waals surface area (Å²) in [5.41, 5.74) is 2.96. The molecule has 2 aromatic rings. The molecule has 1 N–H and O–H groups in total. The van der Waals surface area contributed by atoms with E-state index < -0.39 is 0 Å². The van der Waals surface area contributed by atoms with E-state index in [1.54, 1.807) is 0 Å². The molecule has 0 radical (unpaired) electrons. The van der Waals surface area contributed by atoms with Crippen LogP contribution in [0.25, 0.3) is 0 Å². The molecule has 1 heterocycles. The van der Waals surface area contributed by atoms with Crippen LogP contribution in [0.5, 0.6) is 17.2 Å². The lowest BCUT2D eigenvalue weighted by atomic mass is 9.97. The number of carbonyl (C=O) groups is 2. The van der Waals surface area contributed by atoms with E-state index in [1.165, 1.54) is 18.6 Å². The average Bonchev–Trinajstić information content (AvgIpc) is 2.72. The van der Waals surface area contributed by atoms with Crippen LogP contribution in [-0.2, 0) is 33.7 Å². The Balaban J connectivity index is 1.88. The third-order valence-electron chi connectivity index (χ3n) is 4.70. The van der Waals surface area contributed by atoms with Gasteiger partial charge in [-0.05, 0) is 41.8 Å². The van der Waals surface area contributed by atoms with Gasteiger partial charge in [0.1, 0.15) is 18.5 Å². The highest BCUT2D eigenvalue weighted by Crippen LogP contribution is 2.40. The fourth-order valence-electron chi connectivity index (χ4n) is 3.22. The van der Waals surface area contributed by atoms with Crippen LogP contribution in [-0.4, -0.2) is 24.6 Å². The number of ether oxygens (including phenoxy) is 3. The minimum absolute atomic E-state index is 0.250. The van der Waals surface area contributed by atoms with Crippen LogP contribution < -0.4 is 14.8 Å². The summed E-state index contributed by atoms with van der Waals surface area (Å²) in [6.45, 7) is 7.50. The van der Waals surface area contributed by atoms with Crippen LogP contribution in [0.4, 0.5) is 0 Å². The Morgan fingerprint density at radius 3 is 2.66 bits per heavy atom. The molecular formula is C23H25NO5. The van der Waals surface area contributed by atoms with Crippen LogP contribution in [0, 0.1) is 0 Å². The summed E-state index contributed by atoms with van der Waals surface area (Å²) in [4.78, 5) is 22.9. The summed E-state index contributed by atoms with van der Waals surface area (Å²) >= 11 is 0. The topological polar surface area (TPSA) is 73.9 Å². The molecule has 6 nitrogen and oxygen atoms in total. The predicted octanol–water partition coefficient (Wildman–Crippen LogP) is 3.71. The van der Waals surface area contributed by atoms with Gasteiger partial charge in [-0.1, -0.05) is 31.7 Å². The van der Waals surface area contributed by atoms with E-state index in [-0.39, 0.29) is 24.6 Å². The Bertz CT molecular complexity index is 904. The van der Waals surface area contributed by atoms with Gasteiger partial charge in [0.05, 0.1) is 0 Å². The molecule has 0 bridgehead atoms. The van der Waals surface area contributed by atoms with Crippen LogP contribution in [0.15, 0.2) is 49.1 Å². The molecule has 29 heavy (non-hydrogen) atoms. The highest BCUT2D eigenvalue weighted by molar-refractivity contribution is 5.86. The number of amides is 1. The number of fused-ring (bicyclic) bond motifs is 1. The minimum atomic E-state index is -0.382. The molecule has 152 valence electrons. The molecule has 0 fully saturated rings. The summed E-state index contributed by atoms with van der Waals surface area (Å²) in [6, 6.07) is 11.6. The Labute approximate surface area is 170 Å². The maximum atomic E-state index is 11.6. The van der Waals surface area contributed by atoms with Gasteiger partial charge in [-0.25, -0.2) is 0 Å². The molecule has 1 aliphatic heterocycles. The van der Waals surface area contributed by atoms with E-state index in [2.05, 4.69) is 18.8 Å². The normalized spacial score (nSPS) is 14.9. The molecule has 6 heteroatoms. The second-order valence-electron chi connectivity index (χ2n) is 6.80. The molecule has 2 aromatic carbocycles. The van der Waals surface area contributed by atoms with Crippen molar-refractivity contribution in [2.24, 2.45) is 0 Å². The number of hydrogen-bond donors (Lipinski definition) is 1. The molecule has 0 aliphatic carbocycles. The summed E-state index contributed by atoms with van der Waals surface area (Å²) in [5, 5.41) is 2.78. The summed E-state index contributed by atoms with van der Waals surface area (Å²) in [5.74, 6) is 1.29. The SMILES string of the molecule is C=CC(=O)NCc1ccc(Oc2ccc(CC)cc2)c2c1CC(OC(C)=O)CO2. The number of aryl methyl sites for hydroxylation is 1. The zero-order chi connectivity index (χ0) is 20.8. The Morgan fingerprint density at radius 1 is 1.24 bits per heavy atom. The molecular weight excluding hydrogens is 370 g/mol. The molecule has 1 unspecified atom stereocenters. The molecule has 0 aromatic heterocycles. The van der Waals surface area contributed by atoms with Crippen LogP contribution in [0.1, 0.15) is 30.5 Å². The third kappa shape index (κ3) is 5.16. The first-order valence-electron chi connectivity index (χ1n) is 9.62. The second-order valence-corrected chi connectivity index (χ2v) is 6.80. The predicted molar refractivity (Wildman–Crippen MR) is 109 cm³/mol. The van der Waals surface area contributed by atoms with Gasteiger partial charge >= 0.3 is 5.97 Å². The van der Waals surface area contributed by atoms with Gasteiger partial charge in [0.25, 0.3) is 0 Å². The Kier molecular flexibility index (Phi) is 6.54. The van der Waals surface area contributed by atoms with E-state index in [4.69, 9.17) is 14.2 Å². The van der Waals surface area contributed by atoms with Crippen molar-refractivity contribution in [3.63, 3.8) is 0 Å². The molecule has 0 saturated carbocycles. The van der Waals surface area contributed by atoms with Gasteiger partial charge in [0.2, 0.25) is 5.91 Å². The zero-order valence-electron chi connectivity index (χ0n) is 16.7. The van der Waals surface area contributed by atoms with E-state index in [0.717, 1.165) is 17.5 Å². The largest absolute Gasteiger partial charge is 0.485 e. The van der Waals surface area contributed by atoms with E-state index in [9.17, 15) is 9.59 Å². The van der Waals surface area contributed by atoms with Crippen molar-refractivity contribution in [2.45, 2.75) is 39.3 Å². The maximum absolute atomic E-state index is 11.6. The number of benzene rings is 2. The molecule has 3 rings (SSSR count). The first-order chi connectivity index (χ1) is 14.0. The Morgan fingerprint density at radius 2 is 2.00 bits per heavy atom. The zero-order valence-corrected chi connectivity index (χ0v) is 16.7. The van der Waals surface area contributed by atoms with Gasteiger partial charge in [-0.2, -0.15) is 0 Å². The molecule has 0 spiro atoms. The van der Waals surface area contributed by atoms with Crippen molar-refractivity contribution < 1.29 is 23.8 Å². The van der Waals surface area contributed by atoms with Crippen LogP contribution in [0.2, 0.25) is 0 Å². The maximum Gasteiger partial charge on any atom is 0.303 e. The minimum Gasteiger partial charge on any atom is -0.485 e. The first kappa shape index (κ1) is 20.5. The summed E-state index contributed by atoms with van der Waals surface area (Å²) in [7, 11) is 0. The fraction of sp³-hybridized carbons (Fsp3) is 0.304.